The average Bonchev–Trinajstić information content (AvgIpc) is 2.84. The Kier molecular flexibility index (Phi) is 3.32. The van der Waals surface area contributed by atoms with Crippen molar-refractivity contribution in [2.45, 2.75) is 13.0 Å². The standard InChI is InChI=1S/C10H9BrN2O3S/c1-5-4-6(11)10(17-5)9(12)7-2-3-8(16-7)13(14)15/h2-4,9H,12H2,1H3. The van der Waals surface area contributed by atoms with E-state index < -0.39 is 11.0 Å². The molecule has 0 aliphatic carbocycles. The van der Waals surface area contributed by atoms with Gasteiger partial charge in [0, 0.05) is 14.2 Å². The second-order valence-electron chi connectivity index (χ2n) is 3.48. The van der Waals surface area contributed by atoms with E-state index in [0.29, 0.717) is 5.76 Å². The number of nitrogens with zero attached hydrogens (tertiary/aromatic N) is 1. The van der Waals surface area contributed by atoms with Gasteiger partial charge in [0.15, 0.2) is 0 Å². The first-order chi connectivity index (χ1) is 7.99. The molecule has 1 atom stereocenters. The fraction of sp³-hybridized carbons (Fsp3) is 0.200. The van der Waals surface area contributed by atoms with E-state index in [1.54, 1.807) is 0 Å². The molecule has 0 amide bonds. The molecule has 0 aromatic carbocycles. The Balaban J connectivity index is 2.33. The molecule has 5 nitrogen and oxygen atoms in total. The van der Waals surface area contributed by atoms with Gasteiger partial charge in [-0.25, -0.2) is 0 Å². The number of rotatable bonds is 3. The highest BCUT2D eigenvalue weighted by Crippen LogP contribution is 2.35. The van der Waals surface area contributed by atoms with E-state index in [4.69, 9.17) is 10.2 Å². The molecule has 0 radical (unpaired) electrons. The maximum absolute atomic E-state index is 10.5. The van der Waals surface area contributed by atoms with Gasteiger partial charge < -0.3 is 10.2 Å². The topological polar surface area (TPSA) is 82.3 Å². The van der Waals surface area contributed by atoms with Crippen LogP contribution in [0.2, 0.25) is 0 Å². The molecule has 0 aliphatic rings. The van der Waals surface area contributed by atoms with Gasteiger partial charge in [0.05, 0.1) is 12.1 Å². The zero-order valence-corrected chi connectivity index (χ0v) is 11.2. The van der Waals surface area contributed by atoms with Crippen molar-refractivity contribution in [1.82, 2.24) is 0 Å². The lowest BCUT2D eigenvalue weighted by Crippen LogP contribution is -2.09. The highest BCUT2D eigenvalue weighted by Gasteiger charge is 2.21. The van der Waals surface area contributed by atoms with E-state index in [0.717, 1.165) is 14.2 Å². The summed E-state index contributed by atoms with van der Waals surface area (Å²) in [7, 11) is 0. The Hall–Kier alpha value is -1.18. The van der Waals surface area contributed by atoms with Crippen LogP contribution in [-0.4, -0.2) is 4.92 Å². The zero-order valence-electron chi connectivity index (χ0n) is 8.84. The number of thiophene rings is 1. The lowest BCUT2D eigenvalue weighted by atomic mass is 10.2. The molecule has 2 rings (SSSR count). The van der Waals surface area contributed by atoms with Crippen molar-refractivity contribution in [2.24, 2.45) is 5.73 Å². The normalized spacial score (nSPS) is 12.6. The largest absolute Gasteiger partial charge is 0.433 e. The summed E-state index contributed by atoms with van der Waals surface area (Å²) >= 11 is 4.94. The molecule has 2 aromatic rings. The molecule has 17 heavy (non-hydrogen) atoms. The quantitative estimate of drug-likeness (QED) is 0.695. The molecule has 2 N–H and O–H groups in total. The van der Waals surface area contributed by atoms with Crippen molar-refractivity contribution >= 4 is 33.2 Å². The Morgan fingerprint density at radius 2 is 2.29 bits per heavy atom. The molecule has 0 aliphatic heterocycles. The number of furan rings is 1. The van der Waals surface area contributed by atoms with Crippen LogP contribution in [-0.2, 0) is 0 Å². The van der Waals surface area contributed by atoms with Crippen molar-refractivity contribution in [3.63, 3.8) is 0 Å². The molecule has 0 bridgehead atoms. The van der Waals surface area contributed by atoms with Gasteiger partial charge in [0.25, 0.3) is 0 Å². The van der Waals surface area contributed by atoms with Gasteiger partial charge in [-0.3, -0.25) is 10.1 Å². The van der Waals surface area contributed by atoms with Crippen molar-refractivity contribution in [3.05, 3.63) is 48.3 Å². The second kappa shape index (κ2) is 4.59. The van der Waals surface area contributed by atoms with Gasteiger partial charge in [-0.15, -0.1) is 11.3 Å². The summed E-state index contributed by atoms with van der Waals surface area (Å²) in [6.45, 7) is 1.97. The fourth-order valence-corrected chi connectivity index (χ4v) is 3.36. The average molecular weight is 317 g/mol. The molecule has 2 aromatic heterocycles. The Bertz CT molecular complexity index is 564. The van der Waals surface area contributed by atoms with Crippen molar-refractivity contribution in [3.8, 4) is 0 Å². The first-order valence-corrected chi connectivity index (χ1v) is 6.35. The van der Waals surface area contributed by atoms with Gasteiger partial charge in [-0.1, -0.05) is 0 Å². The molecule has 90 valence electrons. The fourth-order valence-electron chi connectivity index (χ4n) is 1.45. The highest BCUT2D eigenvalue weighted by molar-refractivity contribution is 9.10. The summed E-state index contributed by atoms with van der Waals surface area (Å²) in [5, 5.41) is 10.5. The van der Waals surface area contributed by atoms with E-state index in [1.807, 2.05) is 13.0 Å². The number of aryl methyl sites for hydroxylation is 1. The second-order valence-corrected chi connectivity index (χ2v) is 5.62. The summed E-state index contributed by atoms with van der Waals surface area (Å²) in [5.74, 6) is 0.0964. The van der Waals surface area contributed by atoms with E-state index in [9.17, 15) is 10.1 Å². The molecule has 2 heterocycles. The molecule has 1 unspecified atom stereocenters. The predicted octanol–water partition coefficient (Wildman–Crippen LogP) is 3.37. The van der Waals surface area contributed by atoms with Crippen molar-refractivity contribution < 1.29 is 9.34 Å². The number of hydrogen-bond donors (Lipinski definition) is 1. The van der Waals surface area contributed by atoms with Crippen LogP contribution in [0.3, 0.4) is 0 Å². The zero-order chi connectivity index (χ0) is 12.6. The lowest BCUT2D eigenvalue weighted by molar-refractivity contribution is -0.402. The van der Waals surface area contributed by atoms with Gasteiger partial charge >= 0.3 is 5.88 Å². The molecular formula is C10H9BrN2O3S. The maximum atomic E-state index is 10.5. The molecule has 7 heteroatoms. The minimum absolute atomic E-state index is 0.292. The first-order valence-electron chi connectivity index (χ1n) is 4.74. The van der Waals surface area contributed by atoms with Gasteiger partial charge in [-0.05, 0) is 35.0 Å². The van der Waals surface area contributed by atoms with Crippen LogP contribution in [0.25, 0.3) is 0 Å². The SMILES string of the molecule is Cc1cc(Br)c(C(N)c2ccc([N+](=O)[O-])o2)s1. The minimum Gasteiger partial charge on any atom is -0.404 e. The van der Waals surface area contributed by atoms with Gasteiger partial charge in [0.1, 0.15) is 10.7 Å². The van der Waals surface area contributed by atoms with Crippen LogP contribution >= 0.6 is 27.3 Å². The Morgan fingerprint density at radius 3 is 2.76 bits per heavy atom. The monoisotopic (exact) mass is 316 g/mol. The number of nitro groups is 1. The minimum atomic E-state index is -0.578. The Labute approximate surface area is 110 Å². The Morgan fingerprint density at radius 1 is 1.59 bits per heavy atom. The van der Waals surface area contributed by atoms with Gasteiger partial charge in [0.2, 0.25) is 0 Å². The smallest absolute Gasteiger partial charge is 0.404 e. The van der Waals surface area contributed by atoms with Crippen molar-refractivity contribution in [1.29, 1.82) is 0 Å². The van der Waals surface area contributed by atoms with Crippen LogP contribution in [0.4, 0.5) is 5.88 Å². The van der Waals surface area contributed by atoms with E-state index in [1.165, 1.54) is 23.5 Å². The molecule has 0 fully saturated rings. The summed E-state index contributed by atoms with van der Waals surface area (Å²) in [4.78, 5) is 11.9. The predicted molar refractivity (Wildman–Crippen MR) is 68.1 cm³/mol. The summed E-state index contributed by atoms with van der Waals surface area (Å²) in [6.07, 6.45) is 0. The van der Waals surface area contributed by atoms with Crippen LogP contribution < -0.4 is 5.73 Å². The highest BCUT2D eigenvalue weighted by atomic mass is 79.9. The van der Waals surface area contributed by atoms with Crippen molar-refractivity contribution in [2.75, 3.05) is 0 Å². The van der Waals surface area contributed by atoms with Gasteiger partial charge in [-0.2, -0.15) is 0 Å². The van der Waals surface area contributed by atoms with Crippen LogP contribution in [0, 0.1) is 17.0 Å². The molecule has 0 spiro atoms. The lowest BCUT2D eigenvalue weighted by Gasteiger charge is -2.06. The maximum Gasteiger partial charge on any atom is 0.433 e. The third kappa shape index (κ3) is 2.41. The summed E-state index contributed by atoms with van der Waals surface area (Å²) < 4.78 is 5.98. The van der Waals surface area contributed by atoms with E-state index in [2.05, 4.69) is 15.9 Å². The van der Waals surface area contributed by atoms with E-state index in [-0.39, 0.29) is 5.88 Å². The number of halogens is 1. The first kappa shape index (κ1) is 12.3. The number of hydrogen-bond acceptors (Lipinski definition) is 5. The van der Waals surface area contributed by atoms with Crippen LogP contribution in [0.1, 0.15) is 21.6 Å². The van der Waals surface area contributed by atoms with Crippen LogP contribution in [0.5, 0.6) is 0 Å². The third-order valence-electron chi connectivity index (χ3n) is 2.22. The van der Waals surface area contributed by atoms with Crippen LogP contribution in [0.15, 0.2) is 27.1 Å². The summed E-state index contributed by atoms with van der Waals surface area (Å²) in [5.41, 5.74) is 6.01. The molecular weight excluding hydrogens is 308 g/mol. The van der Waals surface area contributed by atoms with E-state index >= 15 is 0 Å². The molecule has 0 saturated heterocycles. The summed E-state index contributed by atoms with van der Waals surface area (Å²) in [6, 6.07) is 4.31. The third-order valence-corrected chi connectivity index (χ3v) is 4.27. The molecule has 0 saturated carbocycles. The number of nitrogens with two attached hydrogens (primary N) is 1.